The first kappa shape index (κ1) is 34.3. The summed E-state index contributed by atoms with van der Waals surface area (Å²) in [6.07, 6.45) is 8.31. The monoisotopic (exact) mass is 688 g/mol. The molecule has 2 aliphatic rings. The number of hydrogen-bond acceptors (Lipinski definition) is 8. The van der Waals surface area contributed by atoms with Gasteiger partial charge in [0.2, 0.25) is 5.91 Å². The first-order valence-corrected chi connectivity index (χ1v) is 17.6. The fourth-order valence-corrected chi connectivity index (χ4v) is 7.60. The van der Waals surface area contributed by atoms with Crippen molar-refractivity contribution in [2.24, 2.45) is 17.8 Å². The molecule has 1 aliphatic carbocycles. The number of thiophene rings is 1. The van der Waals surface area contributed by atoms with Crippen molar-refractivity contribution in [3.05, 3.63) is 66.2 Å². The zero-order valence-corrected chi connectivity index (χ0v) is 28.4. The molecule has 13 heteroatoms. The molecule has 4 heterocycles. The summed E-state index contributed by atoms with van der Waals surface area (Å²) < 4.78 is 21.7. The third kappa shape index (κ3) is 8.70. The van der Waals surface area contributed by atoms with Crippen molar-refractivity contribution >= 4 is 45.1 Å². The van der Waals surface area contributed by atoms with Crippen LogP contribution in [0.25, 0.3) is 20.8 Å². The van der Waals surface area contributed by atoms with Crippen LogP contribution >= 0.6 is 11.3 Å². The number of anilines is 1. The van der Waals surface area contributed by atoms with E-state index in [1.54, 1.807) is 18.3 Å². The number of likely N-dealkylation sites (tertiary alicyclic amines) is 1. The molecule has 258 valence electrons. The van der Waals surface area contributed by atoms with Crippen LogP contribution in [0.4, 0.5) is 14.9 Å². The summed E-state index contributed by atoms with van der Waals surface area (Å²) in [6.45, 7) is 6.28. The minimum absolute atomic E-state index is 0.0445. The lowest BCUT2D eigenvalue weighted by Gasteiger charge is -2.37. The number of piperidine rings is 1. The van der Waals surface area contributed by atoms with Crippen LogP contribution in [0.1, 0.15) is 51.5 Å². The second-order valence-electron chi connectivity index (χ2n) is 12.9. The summed E-state index contributed by atoms with van der Waals surface area (Å²) in [6, 6.07) is 11.9. The van der Waals surface area contributed by atoms with Gasteiger partial charge in [-0.1, -0.05) is 26.3 Å². The second kappa shape index (κ2) is 15.3. The Labute approximate surface area is 288 Å². The molecular formula is C36H41FN6O5S. The molecule has 11 nitrogen and oxygen atoms in total. The Hall–Kier alpha value is -4.62. The Morgan fingerprint density at radius 1 is 1.06 bits per heavy atom. The Morgan fingerprint density at radius 2 is 1.86 bits per heavy atom. The van der Waals surface area contributed by atoms with Crippen molar-refractivity contribution in [1.82, 2.24) is 25.5 Å². The van der Waals surface area contributed by atoms with E-state index in [0.717, 1.165) is 78.1 Å². The highest BCUT2D eigenvalue weighted by Gasteiger charge is 2.32. The van der Waals surface area contributed by atoms with Gasteiger partial charge in [-0.15, -0.1) is 11.3 Å². The van der Waals surface area contributed by atoms with Crippen molar-refractivity contribution in [3.8, 4) is 22.1 Å². The van der Waals surface area contributed by atoms with E-state index in [2.05, 4.69) is 38.8 Å². The summed E-state index contributed by atoms with van der Waals surface area (Å²) in [5.74, 6) is -0.890. The second-order valence-corrected chi connectivity index (χ2v) is 13.9. The van der Waals surface area contributed by atoms with Crippen LogP contribution in [0.3, 0.4) is 0 Å². The molecule has 2 atom stereocenters. The topological polar surface area (TPSA) is 146 Å². The largest absolute Gasteiger partial charge is 0.480 e. The maximum absolute atomic E-state index is 15.0. The number of benzene rings is 1. The van der Waals surface area contributed by atoms with E-state index in [-0.39, 0.29) is 42.1 Å². The highest BCUT2D eigenvalue weighted by atomic mass is 32.1. The average molecular weight is 689 g/mol. The van der Waals surface area contributed by atoms with E-state index < -0.39 is 11.8 Å². The molecule has 4 aromatic rings. The normalized spacial score (nSPS) is 16.6. The number of nitrogens with one attached hydrogen (secondary N) is 3. The van der Waals surface area contributed by atoms with Crippen molar-refractivity contribution in [2.75, 3.05) is 25.0 Å². The summed E-state index contributed by atoms with van der Waals surface area (Å²) in [5.41, 5.74) is 2.98. The van der Waals surface area contributed by atoms with Gasteiger partial charge in [-0.25, -0.2) is 9.18 Å². The molecule has 0 spiro atoms. The van der Waals surface area contributed by atoms with Crippen LogP contribution in [-0.4, -0.2) is 63.6 Å². The molecule has 1 aromatic carbocycles. The summed E-state index contributed by atoms with van der Waals surface area (Å²) in [7, 11) is 0. The quantitative estimate of drug-likeness (QED) is 0.122. The minimum Gasteiger partial charge on any atom is -0.480 e. The number of hydrogen-bond donors (Lipinski definition) is 4. The number of aliphatic carboxylic acids is 1. The number of ether oxygens (including phenoxy) is 1. The van der Waals surface area contributed by atoms with Crippen LogP contribution in [-0.2, 0) is 16.1 Å². The van der Waals surface area contributed by atoms with Gasteiger partial charge in [0.1, 0.15) is 12.3 Å². The number of carboxylic acid groups (broad SMARTS) is 1. The standard InChI is InChI=1S/C36H41FN6O5S/c1-3-26(21(2)35(46)40-19-33(44)45)23-11-14-43(15-12-23)20-22-4-8-28(39-18-22)32-17-29-34(49-32)31(10-13-38-29)48-30-9-7-25(16-27(30)37)42-36(47)41-24-5-6-24/h4,7-10,13,16-18,21,23-24,26H,3,5-6,11-12,14-15,19-20H2,1-2H3,(H,40,46)(H,44,45)(H2,41,42,47). The lowest BCUT2D eigenvalue weighted by atomic mass is 9.75. The molecule has 4 N–H and O–H groups in total. The number of urea groups is 1. The highest BCUT2D eigenvalue weighted by molar-refractivity contribution is 7.22. The zero-order chi connectivity index (χ0) is 34.5. The maximum Gasteiger partial charge on any atom is 0.322 e. The summed E-state index contributed by atoms with van der Waals surface area (Å²) in [5, 5.41) is 16.9. The van der Waals surface area contributed by atoms with E-state index in [9.17, 15) is 18.8 Å². The van der Waals surface area contributed by atoms with Gasteiger partial charge in [0.25, 0.3) is 0 Å². The number of amides is 3. The Balaban J connectivity index is 1.05. The van der Waals surface area contributed by atoms with Crippen molar-refractivity contribution in [2.45, 2.75) is 58.5 Å². The number of carbonyl (C=O) groups excluding carboxylic acids is 2. The van der Waals surface area contributed by atoms with Crippen LogP contribution in [0, 0.1) is 23.6 Å². The SMILES string of the molecule is CCC(C1CCN(Cc2ccc(-c3cc4nccc(Oc5ccc(NC(=O)NC6CC6)cc5F)c4s3)nc2)CC1)C(C)C(=O)NCC(=O)O. The summed E-state index contributed by atoms with van der Waals surface area (Å²) in [4.78, 5) is 48.0. The Morgan fingerprint density at radius 3 is 2.53 bits per heavy atom. The van der Waals surface area contributed by atoms with Crippen molar-refractivity contribution in [3.63, 3.8) is 0 Å². The van der Waals surface area contributed by atoms with Crippen molar-refractivity contribution < 1.29 is 28.6 Å². The molecule has 6 rings (SSSR count). The predicted octanol–water partition coefficient (Wildman–Crippen LogP) is 6.65. The smallest absolute Gasteiger partial charge is 0.322 e. The molecule has 49 heavy (non-hydrogen) atoms. The number of carboxylic acids is 1. The van der Waals surface area contributed by atoms with E-state index in [1.165, 1.54) is 23.5 Å². The number of aromatic nitrogens is 2. The lowest BCUT2D eigenvalue weighted by molar-refractivity contribution is -0.139. The molecule has 1 aliphatic heterocycles. The first-order chi connectivity index (χ1) is 23.7. The average Bonchev–Trinajstić information content (AvgIpc) is 3.79. The number of fused-ring (bicyclic) bond motifs is 1. The minimum atomic E-state index is -1.04. The van der Waals surface area contributed by atoms with E-state index in [0.29, 0.717) is 17.4 Å². The molecule has 3 aromatic heterocycles. The third-order valence-corrected chi connectivity index (χ3v) is 10.5. The number of halogens is 1. The van der Waals surface area contributed by atoms with Gasteiger partial charge in [-0.2, -0.15) is 0 Å². The fraction of sp³-hybridized carbons (Fsp3) is 0.417. The molecule has 0 bridgehead atoms. The van der Waals surface area contributed by atoms with Gasteiger partial charge in [-0.3, -0.25) is 24.5 Å². The first-order valence-electron chi connectivity index (χ1n) is 16.8. The van der Waals surface area contributed by atoms with Gasteiger partial charge in [0, 0.05) is 48.7 Å². The summed E-state index contributed by atoms with van der Waals surface area (Å²) >= 11 is 1.47. The Bertz CT molecular complexity index is 1810. The number of nitrogens with zero attached hydrogens (tertiary/aromatic N) is 3. The fourth-order valence-electron chi connectivity index (χ4n) is 6.56. The molecule has 1 saturated carbocycles. The molecule has 1 saturated heterocycles. The van der Waals surface area contributed by atoms with Gasteiger partial charge in [0.15, 0.2) is 11.6 Å². The molecular weight excluding hydrogens is 647 g/mol. The van der Waals surface area contributed by atoms with Crippen molar-refractivity contribution in [1.29, 1.82) is 0 Å². The number of carbonyl (C=O) groups is 3. The van der Waals surface area contributed by atoms with E-state index >= 15 is 0 Å². The third-order valence-electron chi connectivity index (χ3n) is 9.36. The maximum atomic E-state index is 15.0. The number of pyridine rings is 2. The molecule has 2 fully saturated rings. The predicted molar refractivity (Wildman–Crippen MR) is 186 cm³/mol. The van der Waals surface area contributed by atoms with Gasteiger partial charge < -0.3 is 25.8 Å². The van der Waals surface area contributed by atoms with Gasteiger partial charge in [-0.05, 0) is 80.4 Å². The molecule has 2 unspecified atom stereocenters. The van der Waals surface area contributed by atoms with Crippen LogP contribution in [0.15, 0.2) is 54.9 Å². The highest BCUT2D eigenvalue weighted by Crippen LogP contribution is 2.39. The van der Waals surface area contributed by atoms with Crippen LogP contribution in [0.5, 0.6) is 11.5 Å². The zero-order valence-electron chi connectivity index (χ0n) is 27.6. The van der Waals surface area contributed by atoms with Crippen LogP contribution < -0.4 is 20.7 Å². The Kier molecular flexibility index (Phi) is 10.7. The van der Waals surface area contributed by atoms with Crippen LogP contribution in [0.2, 0.25) is 0 Å². The van der Waals surface area contributed by atoms with Gasteiger partial charge in [0.05, 0.1) is 20.8 Å². The molecule has 0 radical (unpaired) electrons. The van der Waals surface area contributed by atoms with E-state index in [1.807, 2.05) is 25.3 Å². The molecule has 3 amide bonds. The van der Waals surface area contributed by atoms with E-state index in [4.69, 9.17) is 14.8 Å². The lowest BCUT2D eigenvalue weighted by Crippen LogP contribution is -2.41. The number of rotatable bonds is 13. The van der Waals surface area contributed by atoms with Gasteiger partial charge >= 0.3 is 12.0 Å².